The Morgan fingerprint density at radius 3 is 2.55 bits per heavy atom. The van der Waals surface area contributed by atoms with Crippen molar-refractivity contribution in [1.82, 2.24) is 4.90 Å². The molecule has 2 aromatic carbocycles. The van der Waals surface area contributed by atoms with Gasteiger partial charge in [0.2, 0.25) is 5.91 Å². The summed E-state index contributed by atoms with van der Waals surface area (Å²) in [6.07, 6.45) is 0.0891. The van der Waals surface area contributed by atoms with Crippen LogP contribution in [0.2, 0.25) is 0 Å². The lowest BCUT2D eigenvalue weighted by Crippen LogP contribution is -2.48. The summed E-state index contributed by atoms with van der Waals surface area (Å²) >= 11 is 1.33. The molecule has 2 aromatic rings. The van der Waals surface area contributed by atoms with Crippen molar-refractivity contribution in [3.63, 3.8) is 0 Å². The predicted molar refractivity (Wildman–Crippen MR) is 109 cm³/mol. The summed E-state index contributed by atoms with van der Waals surface area (Å²) in [5.41, 5.74) is 0.357. The van der Waals surface area contributed by atoms with E-state index in [9.17, 15) is 15.2 Å². The van der Waals surface area contributed by atoms with E-state index >= 15 is 0 Å². The van der Waals surface area contributed by atoms with Gasteiger partial charge < -0.3 is 14.6 Å². The van der Waals surface area contributed by atoms with Crippen molar-refractivity contribution in [3.8, 4) is 17.6 Å². The first kappa shape index (κ1) is 19.4. The third kappa shape index (κ3) is 3.05. The number of nitriles is 1. The number of methoxy groups -OCH3 is 2. The van der Waals surface area contributed by atoms with Crippen LogP contribution < -0.4 is 9.47 Å². The zero-order valence-corrected chi connectivity index (χ0v) is 16.9. The molecular weight excluding hydrogens is 388 g/mol. The quantitative estimate of drug-likeness (QED) is 0.835. The number of amides is 1. The highest BCUT2D eigenvalue weighted by atomic mass is 32.2. The van der Waals surface area contributed by atoms with Gasteiger partial charge in [0.15, 0.2) is 5.72 Å². The van der Waals surface area contributed by atoms with E-state index < -0.39 is 11.6 Å². The minimum atomic E-state index is -1.50. The minimum Gasteiger partial charge on any atom is -0.497 e. The van der Waals surface area contributed by atoms with Crippen molar-refractivity contribution in [3.05, 3.63) is 70.3 Å². The number of benzene rings is 2. The average Bonchev–Trinajstić information content (AvgIpc) is 3.12. The van der Waals surface area contributed by atoms with E-state index in [1.54, 1.807) is 38.5 Å². The summed E-state index contributed by atoms with van der Waals surface area (Å²) < 4.78 is 10.6. The van der Waals surface area contributed by atoms with Crippen LogP contribution in [0.3, 0.4) is 0 Å². The zero-order chi connectivity index (χ0) is 20.6. The molecule has 2 aliphatic rings. The van der Waals surface area contributed by atoms with Crippen LogP contribution in [0.4, 0.5) is 0 Å². The van der Waals surface area contributed by atoms with E-state index in [2.05, 4.69) is 6.07 Å². The molecule has 7 heteroatoms. The van der Waals surface area contributed by atoms with Crippen LogP contribution in [-0.2, 0) is 10.5 Å². The molecule has 4 rings (SSSR count). The number of rotatable bonds is 4. The van der Waals surface area contributed by atoms with Crippen LogP contribution in [0.5, 0.6) is 11.5 Å². The number of nitrogens with zero attached hydrogens (tertiary/aromatic N) is 2. The molecule has 2 aliphatic heterocycles. The Morgan fingerprint density at radius 2 is 1.90 bits per heavy atom. The summed E-state index contributed by atoms with van der Waals surface area (Å²) in [5.74, 6) is 0.932. The fourth-order valence-electron chi connectivity index (χ4n) is 3.92. The summed E-state index contributed by atoms with van der Waals surface area (Å²) in [7, 11) is 3.14. The molecule has 0 aliphatic carbocycles. The van der Waals surface area contributed by atoms with E-state index in [4.69, 9.17) is 9.47 Å². The number of hydrogen-bond acceptors (Lipinski definition) is 6. The van der Waals surface area contributed by atoms with Crippen LogP contribution >= 0.6 is 11.8 Å². The molecule has 0 bridgehead atoms. The van der Waals surface area contributed by atoms with Crippen molar-refractivity contribution in [2.24, 2.45) is 0 Å². The minimum absolute atomic E-state index is 0.0891. The van der Waals surface area contributed by atoms with Gasteiger partial charge in [-0.2, -0.15) is 5.26 Å². The van der Waals surface area contributed by atoms with Crippen LogP contribution in [-0.4, -0.2) is 35.9 Å². The molecule has 2 atom stereocenters. The standard InChI is InChI=1S/C22H20N2O4S/c1-27-15-9-7-14(8-10-15)22(26)13-29-21-18(12-23)17(11-20(25)24(21)22)16-5-3-4-6-19(16)28-2/h3-10,17,26H,11,13H2,1-2H3. The number of allylic oxidation sites excluding steroid dienone is 1. The normalized spacial score (nSPS) is 23.6. The van der Waals surface area contributed by atoms with Gasteiger partial charge in [-0.25, -0.2) is 0 Å². The topological polar surface area (TPSA) is 82.8 Å². The monoisotopic (exact) mass is 408 g/mol. The van der Waals surface area contributed by atoms with Crippen molar-refractivity contribution in [1.29, 1.82) is 5.26 Å². The van der Waals surface area contributed by atoms with Gasteiger partial charge in [-0.05, 0) is 18.2 Å². The molecule has 1 saturated heterocycles. The van der Waals surface area contributed by atoms with E-state index in [-0.39, 0.29) is 18.1 Å². The third-order valence-corrected chi connectivity index (χ3v) is 6.60. The number of fused-ring (bicyclic) bond motifs is 1. The van der Waals surface area contributed by atoms with Gasteiger partial charge in [0.25, 0.3) is 0 Å². The third-order valence-electron chi connectivity index (χ3n) is 5.38. The number of thioether (sulfide) groups is 1. The first-order valence-corrected chi connectivity index (χ1v) is 10.1. The van der Waals surface area contributed by atoms with Crippen LogP contribution in [0.1, 0.15) is 23.5 Å². The van der Waals surface area contributed by atoms with Crippen molar-refractivity contribution in [2.75, 3.05) is 20.0 Å². The van der Waals surface area contributed by atoms with Gasteiger partial charge in [0.05, 0.1) is 36.6 Å². The molecule has 2 heterocycles. The molecule has 1 amide bonds. The maximum atomic E-state index is 13.2. The molecule has 0 radical (unpaired) electrons. The number of para-hydroxylation sites is 1. The first-order chi connectivity index (χ1) is 14.0. The maximum Gasteiger partial charge on any atom is 0.231 e. The van der Waals surface area contributed by atoms with Gasteiger partial charge in [0, 0.05) is 23.5 Å². The smallest absolute Gasteiger partial charge is 0.231 e. The second-order valence-electron chi connectivity index (χ2n) is 6.89. The van der Waals surface area contributed by atoms with Gasteiger partial charge >= 0.3 is 0 Å². The molecular formula is C22H20N2O4S. The van der Waals surface area contributed by atoms with Gasteiger partial charge in [-0.1, -0.05) is 30.3 Å². The predicted octanol–water partition coefficient (Wildman–Crippen LogP) is 3.35. The summed E-state index contributed by atoms with van der Waals surface area (Å²) in [6, 6.07) is 16.7. The molecule has 0 spiro atoms. The molecule has 2 unspecified atom stereocenters. The Morgan fingerprint density at radius 1 is 1.17 bits per heavy atom. The number of aliphatic hydroxyl groups is 1. The molecule has 0 aromatic heterocycles. The maximum absolute atomic E-state index is 13.2. The van der Waals surface area contributed by atoms with Crippen LogP contribution in [0.15, 0.2) is 59.1 Å². The highest BCUT2D eigenvalue weighted by Gasteiger charge is 2.52. The average molecular weight is 408 g/mol. The fraction of sp³-hybridized carbons (Fsp3) is 0.273. The molecule has 29 heavy (non-hydrogen) atoms. The summed E-state index contributed by atoms with van der Waals surface area (Å²) in [4.78, 5) is 14.6. The molecule has 1 fully saturated rings. The van der Waals surface area contributed by atoms with Crippen molar-refractivity contribution in [2.45, 2.75) is 18.1 Å². The number of carbonyl (C=O) groups is 1. The van der Waals surface area contributed by atoms with Crippen LogP contribution in [0, 0.1) is 11.3 Å². The molecule has 148 valence electrons. The number of carbonyl (C=O) groups excluding carboxylic acids is 1. The van der Waals surface area contributed by atoms with Gasteiger partial charge in [-0.15, -0.1) is 11.8 Å². The van der Waals surface area contributed by atoms with E-state index in [1.807, 2.05) is 24.3 Å². The molecule has 6 nitrogen and oxygen atoms in total. The van der Waals surface area contributed by atoms with Gasteiger partial charge in [0.1, 0.15) is 11.5 Å². The second-order valence-corrected chi connectivity index (χ2v) is 7.86. The number of hydrogen-bond donors (Lipinski definition) is 1. The van der Waals surface area contributed by atoms with E-state index in [0.717, 1.165) is 5.56 Å². The Bertz CT molecular complexity index is 1030. The SMILES string of the molecule is COc1ccc(C2(O)CSC3=C(C#N)C(c4ccccc4OC)CC(=O)N32)cc1. The zero-order valence-electron chi connectivity index (χ0n) is 16.1. The molecule has 1 N–H and O–H groups in total. The summed E-state index contributed by atoms with van der Waals surface area (Å²) in [6.45, 7) is 0. The van der Waals surface area contributed by atoms with Crippen LogP contribution in [0.25, 0.3) is 0 Å². The summed E-state index contributed by atoms with van der Waals surface area (Å²) in [5, 5.41) is 21.9. The Labute approximate surface area is 173 Å². The second kappa shape index (κ2) is 7.47. The Kier molecular flexibility index (Phi) is 4.99. The lowest BCUT2D eigenvalue weighted by molar-refractivity contribution is -0.149. The highest BCUT2D eigenvalue weighted by molar-refractivity contribution is 8.03. The lowest BCUT2D eigenvalue weighted by Gasteiger charge is -2.38. The molecule has 0 saturated carbocycles. The Hall–Kier alpha value is -2.95. The lowest BCUT2D eigenvalue weighted by atomic mass is 9.85. The first-order valence-electron chi connectivity index (χ1n) is 9.13. The largest absolute Gasteiger partial charge is 0.497 e. The van der Waals surface area contributed by atoms with E-state index in [1.165, 1.54) is 16.7 Å². The fourth-order valence-corrected chi connectivity index (χ4v) is 5.28. The number of ether oxygens (including phenoxy) is 2. The Balaban J connectivity index is 1.80. The van der Waals surface area contributed by atoms with Gasteiger partial charge in [-0.3, -0.25) is 9.69 Å². The van der Waals surface area contributed by atoms with E-state index in [0.29, 0.717) is 27.7 Å². The van der Waals surface area contributed by atoms with Crippen molar-refractivity contribution >= 4 is 17.7 Å². The highest BCUT2D eigenvalue weighted by Crippen LogP contribution is 2.52. The van der Waals surface area contributed by atoms with Crippen molar-refractivity contribution < 1.29 is 19.4 Å².